The molecular weight excluding hydrogens is 588 g/mol. The molecule has 10 heteroatoms. The standard InChI is InChI=1S/C36H58N2O8/c1-23(44-29(40)22-38(31(42)46-33(5,6)7)20-10-19-37-30(41)45-32(2,3)4)36(43)18-15-28-26-12-11-24-21-25(39)13-16-34(24,8)27(26)14-17-35(28,36)9/h21,23,26-28,43H,10-20,22H2,1-9H3,(H,37,41)/t23-,26-,27+,28+,34+,35+,36+/m1/s1. The zero-order valence-electron chi connectivity index (χ0n) is 29.6. The second-order valence-corrected chi connectivity index (χ2v) is 16.7. The first-order valence-corrected chi connectivity index (χ1v) is 17.3. The van der Waals surface area contributed by atoms with Crippen molar-refractivity contribution in [3.8, 4) is 0 Å². The van der Waals surface area contributed by atoms with Crippen LogP contribution in [0.25, 0.3) is 0 Å². The molecule has 0 unspecified atom stereocenters. The fourth-order valence-corrected chi connectivity index (χ4v) is 9.10. The molecule has 0 aromatic carbocycles. The number of aliphatic hydroxyl groups is 1. The molecular formula is C36H58N2O8. The average Bonchev–Trinajstić information content (AvgIpc) is 3.20. The third-order valence-electron chi connectivity index (χ3n) is 11.4. The maximum absolute atomic E-state index is 13.3. The van der Waals surface area contributed by atoms with E-state index in [2.05, 4.69) is 19.2 Å². The Bertz CT molecular complexity index is 1220. The predicted molar refractivity (Wildman–Crippen MR) is 174 cm³/mol. The predicted octanol–water partition coefficient (Wildman–Crippen LogP) is 6.33. The van der Waals surface area contributed by atoms with Gasteiger partial charge < -0.3 is 24.6 Å². The maximum Gasteiger partial charge on any atom is 0.410 e. The van der Waals surface area contributed by atoms with Crippen LogP contribution < -0.4 is 5.32 Å². The van der Waals surface area contributed by atoms with Crippen LogP contribution in [0.5, 0.6) is 0 Å². The molecule has 0 saturated heterocycles. The van der Waals surface area contributed by atoms with Crippen LogP contribution in [-0.2, 0) is 23.8 Å². The number of ketones is 1. The van der Waals surface area contributed by atoms with Gasteiger partial charge in [0.1, 0.15) is 29.5 Å². The molecule has 0 heterocycles. The van der Waals surface area contributed by atoms with E-state index in [-0.39, 0.29) is 30.8 Å². The van der Waals surface area contributed by atoms with Crippen LogP contribution in [0.3, 0.4) is 0 Å². The van der Waals surface area contributed by atoms with Crippen molar-refractivity contribution in [2.24, 2.45) is 28.6 Å². The Balaban J connectivity index is 1.39. The summed E-state index contributed by atoms with van der Waals surface area (Å²) in [6, 6.07) is 0. The fourth-order valence-electron chi connectivity index (χ4n) is 9.10. The molecule has 7 atom stereocenters. The lowest BCUT2D eigenvalue weighted by Crippen LogP contribution is -2.59. The largest absolute Gasteiger partial charge is 0.458 e. The van der Waals surface area contributed by atoms with Gasteiger partial charge in [-0.25, -0.2) is 9.59 Å². The highest BCUT2D eigenvalue weighted by Gasteiger charge is 2.66. The second-order valence-electron chi connectivity index (χ2n) is 16.7. The number of carbonyl (C=O) groups excluding carboxylic acids is 4. The fraction of sp³-hybridized carbons (Fsp3) is 0.833. The summed E-state index contributed by atoms with van der Waals surface area (Å²) in [6.07, 6.45) is 7.05. The topological polar surface area (TPSA) is 131 Å². The van der Waals surface area contributed by atoms with Gasteiger partial charge in [0, 0.05) is 24.9 Å². The average molecular weight is 647 g/mol. The Morgan fingerprint density at radius 2 is 1.63 bits per heavy atom. The molecule has 0 aromatic heterocycles. The van der Waals surface area contributed by atoms with E-state index in [4.69, 9.17) is 14.2 Å². The van der Waals surface area contributed by atoms with Crippen LogP contribution in [0.1, 0.15) is 120 Å². The van der Waals surface area contributed by atoms with Crippen LogP contribution in [0.2, 0.25) is 0 Å². The summed E-state index contributed by atoms with van der Waals surface area (Å²) in [6.45, 7) is 17.0. The van der Waals surface area contributed by atoms with Crippen LogP contribution >= 0.6 is 0 Å². The molecule has 0 spiro atoms. The van der Waals surface area contributed by atoms with Gasteiger partial charge in [-0.05, 0) is 129 Å². The highest BCUT2D eigenvalue weighted by Crippen LogP contribution is 2.68. The smallest absolute Gasteiger partial charge is 0.410 e. The van der Waals surface area contributed by atoms with E-state index in [1.807, 2.05) is 6.08 Å². The van der Waals surface area contributed by atoms with E-state index in [0.717, 1.165) is 38.5 Å². The van der Waals surface area contributed by atoms with Crippen molar-refractivity contribution < 1.29 is 38.5 Å². The van der Waals surface area contributed by atoms with Crippen molar-refractivity contribution in [3.63, 3.8) is 0 Å². The van der Waals surface area contributed by atoms with Crippen LogP contribution in [-0.4, -0.2) is 76.5 Å². The minimum Gasteiger partial charge on any atom is -0.458 e. The minimum atomic E-state index is -1.19. The number of nitrogens with zero attached hydrogens (tertiary/aromatic N) is 1. The lowest BCUT2D eigenvalue weighted by atomic mass is 9.46. The summed E-state index contributed by atoms with van der Waals surface area (Å²) < 4.78 is 16.8. The zero-order chi connectivity index (χ0) is 34.3. The number of rotatable bonds is 8. The monoisotopic (exact) mass is 646 g/mol. The lowest BCUT2D eigenvalue weighted by Gasteiger charge is -2.59. The summed E-state index contributed by atoms with van der Waals surface area (Å²) in [5.41, 5.74) is -1.62. The lowest BCUT2D eigenvalue weighted by molar-refractivity contribution is -0.194. The van der Waals surface area contributed by atoms with E-state index >= 15 is 0 Å². The van der Waals surface area contributed by atoms with Crippen molar-refractivity contribution in [2.75, 3.05) is 19.6 Å². The van der Waals surface area contributed by atoms with Crippen molar-refractivity contribution in [1.29, 1.82) is 0 Å². The maximum atomic E-state index is 13.3. The molecule has 0 bridgehead atoms. The molecule has 3 fully saturated rings. The van der Waals surface area contributed by atoms with Gasteiger partial charge in [-0.2, -0.15) is 0 Å². The Hall–Kier alpha value is -2.62. The van der Waals surface area contributed by atoms with Gasteiger partial charge >= 0.3 is 18.2 Å². The molecule has 0 aliphatic heterocycles. The molecule has 10 nitrogen and oxygen atoms in total. The second kappa shape index (κ2) is 13.1. The summed E-state index contributed by atoms with van der Waals surface area (Å²) in [4.78, 5) is 51.9. The molecule has 4 rings (SSSR count). The molecule has 0 aromatic rings. The number of amides is 2. The third kappa shape index (κ3) is 7.57. The van der Waals surface area contributed by atoms with Crippen LogP contribution in [0.15, 0.2) is 11.6 Å². The highest BCUT2D eigenvalue weighted by atomic mass is 16.6. The normalized spacial score (nSPS) is 33.0. The van der Waals surface area contributed by atoms with E-state index in [1.54, 1.807) is 48.5 Å². The van der Waals surface area contributed by atoms with Gasteiger partial charge in [0.05, 0.1) is 0 Å². The Kier molecular flexibility index (Phi) is 10.3. The summed E-state index contributed by atoms with van der Waals surface area (Å²) >= 11 is 0. The summed E-state index contributed by atoms with van der Waals surface area (Å²) in [7, 11) is 0. The number of nitrogens with one attached hydrogen (secondary N) is 1. The third-order valence-corrected chi connectivity index (χ3v) is 11.4. The highest BCUT2D eigenvalue weighted by molar-refractivity contribution is 5.91. The molecule has 3 saturated carbocycles. The number of allylic oxidation sites excluding steroid dienone is 1. The number of hydrogen-bond acceptors (Lipinski definition) is 8. The molecule has 4 aliphatic rings. The van der Waals surface area contributed by atoms with Crippen molar-refractivity contribution in [2.45, 2.75) is 143 Å². The van der Waals surface area contributed by atoms with Crippen molar-refractivity contribution in [1.82, 2.24) is 10.2 Å². The molecule has 0 radical (unpaired) electrons. The minimum absolute atomic E-state index is 0.0461. The number of alkyl carbamates (subject to hydrolysis) is 1. The number of fused-ring (bicyclic) bond motifs is 5. The van der Waals surface area contributed by atoms with E-state index in [9.17, 15) is 24.3 Å². The van der Waals surface area contributed by atoms with Gasteiger partial charge in [-0.1, -0.05) is 19.4 Å². The number of hydrogen-bond donors (Lipinski definition) is 2. The van der Waals surface area contributed by atoms with Gasteiger partial charge in [0.2, 0.25) is 0 Å². The summed E-state index contributed by atoms with van der Waals surface area (Å²) in [5, 5.41) is 15.0. The SMILES string of the molecule is C[C@@H](OC(=O)CN(CCCNC(=O)OC(C)(C)C)C(=O)OC(C)(C)C)[C@@]1(O)CC[C@H]2[C@@H]3CCC4=CC(=O)CC[C@]4(C)[C@H]3CC[C@@]21C. The molecule has 46 heavy (non-hydrogen) atoms. The van der Waals surface area contributed by atoms with Gasteiger partial charge in [0.15, 0.2) is 5.78 Å². The molecule has 2 N–H and O–H groups in total. The first kappa shape index (κ1) is 36.2. The first-order valence-electron chi connectivity index (χ1n) is 17.3. The number of esters is 1. The van der Waals surface area contributed by atoms with Crippen molar-refractivity contribution in [3.05, 3.63) is 11.6 Å². The molecule has 2 amide bonds. The first-order chi connectivity index (χ1) is 21.2. The zero-order valence-corrected chi connectivity index (χ0v) is 29.6. The van der Waals surface area contributed by atoms with E-state index in [1.165, 1.54) is 10.5 Å². The summed E-state index contributed by atoms with van der Waals surface area (Å²) in [5.74, 6) is 0.901. The van der Waals surface area contributed by atoms with Gasteiger partial charge in [-0.15, -0.1) is 0 Å². The van der Waals surface area contributed by atoms with Crippen LogP contribution in [0, 0.1) is 28.6 Å². The molecule has 260 valence electrons. The van der Waals surface area contributed by atoms with Gasteiger partial charge in [-0.3, -0.25) is 14.5 Å². The number of ether oxygens (including phenoxy) is 3. The van der Waals surface area contributed by atoms with Crippen molar-refractivity contribution >= 4 is 23.9 Å². The van der Waals surface area contributed by atoms with E-state index < -0.39 is 46.5 Å². The molecule has 4 aliphatic carbocycles. The quantitative estimate of drug-likeness (QED) is 0.178. The Morgan fingerprint density at radius 1 is 0.978 bits per heavy atom. The number of carbonyl (C=O) groups is 4. The van der Waals surface area contributed by atoms with Gasteiger partial charge in [0.25, 0.3) is 0 Å². The Labute approximate surface area is 275 Å². The Morgan fingerprint density at radius 3 is 2.28 bits per heavy atom. The van der Waals surface area contributed by atoms with E-state index in [0.29, 0.717) is 37.0 Å². The van der Waals surface area contributed by atoms with Crippen LogP contribution in [0.4, 0.5) is 9.59 Å².